The number of fused-ring (bicyclic) bond motifs is 1. The third kappa shape index (κ3) is 2.01. The van der Waals surface area contributed by atoms with Crippen LogP contribution in [0.1, 0.15) is 38.5 Å². The lowest BCUT2D eigenvalue weighted by Crippen LogP contribution is -2.53. The van der Waals surface area contributed by atoms with E-state index in [0.29, 0.717) is 18.4 Å². The summed E-state index contributed by atoms with van der Waals surface area (Å²) in [7, 11) is 0. The van der Waals surface area contributed by atoms with Gasteiger partial charge < -0.3 is 5.32 Å². The highest BCUT2D eigenvalue weighted by atomic mass is 35.5. The largest absolute Gasteiger partial charge is 0.350 e. The van der Waals surface area contributed by atoms with Crippen LogP contribution in [0.4, 0.5) is 0 Å². The van der Waals surface area contributed by atoms with Crippen LogP contribution in [0.25, 0.3) is 0 Å². The fourth-order valence-electron chi connectivity index (χ4n) is 2.51. The zero-order chi connectivity index (χ0) is 10.2. The van der Waals surface area contributed by atoms with E-state index in [9.17, 15) is 4.79 Å². The summed E-state index contributed by atoms with van der Waals surface area (Å²) in [6, 6.07) is 0.315. The van der Waals surface area contributed by atoms with Crippen molar-refractivity contribution in [3.63, 3.8) is 0 Å². The van der Waals surface area contributed by atoms with Crippen LogP contribution < -0.4 is 5.32 Å². The molecule has 0 aromatic heterocycles. The number of nitrogens with one attached hydrogen (secondary N) is 1. The number of amides is 1. The molecule has 0 unspecified atom stereocenters. The van der Waals surface area contributed by atoms with E-state index in [4.69, 9.17) is 23.2 Å². The van der Waals surface area contributed by atoms with Gasteiger partial charge in [0.25, 0.3) is 5.91 Å². The van der Waals surface area contributed by atoms with Crippen molar-refractivity contribution in [1.29, 1.82) is 0 Å². The van der Waals surface area contributed by atoms with Crippen molar-refractivity contribution in [2.45, 2.75) is 48.9 Å². The maximum absolute atomic E-state index is 11.5. The molecule has 80 valence electrons. The first-order valence-electron chi connectivity index (χ1n) is 5.28. The summed E-state index contributed by atoms with van der Waals surface area (Å²) in [5, 5.41) is 2.95. The molecule has 0 bridgehead atoms. The minimum Gasteiger partial charge on any atom is -0.350 e. The van der Waals surface area contributed by atoms with Crippen molar-refractivity contribution in [3.8, 4) is 0 Å². The number of alkyl halides is 2. The number of piperidine rings is 1. The van der Waals surface area contributed by atoms with E-state index in [2.05, 4.69) is 5.32 Å². The zero-order valence-electron chi connectivity index (χ0n) is 8.06. The topological polar surface area (TPSA) is 29.1 Å². The highest BCUT2D eigenvalue weighted by molar-refractivity contribution is 6.58. The van der Waals surface area contributed by atoms with E-state index < -0.39 is 4.33 Å². The Hall–Kier alpha value is 0.0500. The lowest BCUT2D eigenvalue weighted by atomic mass is 9.86. The Kier molecular flexibility index (Phi) is 2.94. The predicted molar refractivity (Wildman–Crippen MR) is 57.6 cm³/mol. The lowest BCUT2D eigenvalue weighted by Gasteiger charge is -2.37. The number of hydrogen-bond acceptors (Lipinski definition) is 1. The minimum atomic E-state index is -1.19. The van der Waals surface area contributed by atoms with Crippen LogP contribution in [0.5, 0.6) is 0 Å². The summed E-state index contributed by atoms with van der Waals surface area (Å²) in [5.41, 5.74) is 0. The Bertz CT molecular complexity index is 242. The van der Waals surface area contributed by atoms with Crippen LogP contribution in [0.3, 0.4) is 0 Å². The Morgan fingerprint density at radius 2 is 1.93 bits per heavy atom. The first-order chi connectivity index (χ1) is 6.59. The lowest BCUT2D eigenvalue weighted by molar-refractivity contribution is -0.125. The molecule has 1 N–H and O–H groups in total. The summed E-state index contributed by atoms with van der Waals surface area (Å²) in [6.45, 7) is 0. The van der Waals surface area contributed by atoms with E-state index in [-0.39, 0.29) is 5.91 Å². The fraction of sp³-hybridized carbons (Fsp3) is 0.900. The number of carbonyl (C=O) groups is 1. The average molecular weight is 236 g/mol. The Morgan fingerprint density at radius 3 is 2.71 bits per heavy atom. The van der Waals surface area contributed by atoms with Gasteiger partial charge in [0.2, 0.25) is 0 Å². The van der Waals surface area contributed by atoms with Crippen LogP contribution >= 0.6 is 23.2 Å². The number of carbonyl (C=O) groups excluding carboxylic acids is 1. The Morgan fingerprint density at radius 1 is 1.21 bits per heavy atom. The van der Waals surface area contributed by atoms with E-state index >= 15 is 0 Å². The van der Waals surface area contributed by atoms with Crippen molar-refractivity contribution in [2.24, 2.45) is 5.92 Å². The molecule has 1 heterocycles. The third-order valence-electron chi connectivity index (χ3n) is 3.33. The second-order valence-electron chi connectivity index (χ2n) is 4.39. The smallest absolute Gasteiger partial charge is 0.256 e. The summed E-state index contributed by atoms with van der Waals surface area (Å²) >= 11 is 11.9. The second kappa shape index (κ2) is 3.90. The molecule has 2 rings (SSSR count). The number of hydrogen-bond donors (Lipinski definition) is 1. The maximum Gasteiger partial charge on any atom is 0.256 e. The zero-order valence-corrected chi connectivity index (χ0v) is 9.57. The van der Waals surface area contributed by atoms with Crippen LogP contribution in [0.2, 0.25) is 0 Å². The maximum atomic E-state index is 11.5. The van der Waals surface area contributed by atoms with Gasteiger partial charge in [-0.15, -0.1) is 0 Å². The van der Waals surface area contributed by atoms with Gasteiger partial charge in [-0.05, 0) is 25.2 Å². The molecule has 2 nitrogen and oxygen atoms in total. The molecule has 0 radical (unpaired) electrons. The molecule has 1 aliphatic carbocycles. The molecular weight excluding hydrogens is 221 g/mol. The fourth-order valence-corrected chi connectivity index (χ4v) is 3.02. The molecule has 2 fully saturated rings. The van der Waals surface area contributed by atoms with Gasteiger partial charge in [0.15, 0.2) is 4.33 Å². The molecule has 2 aliphatic rings. The molecular formula is C10H15Cl2NO. The summed E-state index contributed by atoms with van der Waals surface area (Å²) < 4.78 is -1.19. The quantitative estimate of drug-likeness (QED) is 0.643. The van der Waals surface area contributed by atoms with Crippen molar-refractivity contribution < 1.29 is 4.79 Å². The first-order valence-corrected chi connectivity index (χ1v) is 6.04. The number of rotatable bonds is 0. The standard InChI is InChI=1S/C10H15Cl2NO/c11-10(12)6-7-4-2-1-3-5-8(7)13-9(10)14/h7-8H,1-6H2,(H,13,14)/t7-,8+/m1/s1. The molecule has 1 amide bonds. The van der Waals surface area contributed by atoms with Crippen molar-refractivity contribution >= 4 is 29.1 Å². The molecule has 2 atom stereocenters. The van der Waals surface area contributed by atoms with Gasteiger partial charge >= 0.3 is 0 Å². The SMILES string of the molecule is O=C1N[C@H]2CCCCC[C@@H]2CC1(Cl)Cl. The summed E-state index contributed by atoms with van der Waals surface area (Å²) in [6.07, 6.45) is 6.55. The van der Waals surface area contributed by atoms with E-state index in [1.807, 2.05) is 0 Å². The van der Waals surface area contributed by atoms with Gasteiger partial charge in [-0.3, -0.25) is 4.79 Å². The monoisotopic (exact) mass is 235 g/mol. The Balaban J connectivity index is 2.10. The van der Waals surface area contributed by atoms with Gasteiger partial charge in [-0.2, -0.15) is 0 Å². The van der Waals surface area contributed by atoms with Crippen LogP contribution in [0, 0.1) is 5.92 Å². The molecule has 1 saturated carbocycles. The molecule has 0 aromatic rings. The van der Waals surface area contributed by atoms with E-state index in [1.165, 1.54) is 19.3 Å². The normalized spacial score (nSPS) is 36.9. The highest BCUT2D eigenvalue weighted by Crippen LogP contribution is 2.39. The Labute approximate surface area is 94.3 Å². The summed E-state index contributed by atoms with van der Waals surface area (Å²) in [4.78, 5) is 11.5. The average Bonchev–Trinajstić information content (AvgIpc) is 2.30. The second-order valence-corrected chi connectivity index (χ2v) is 5.87. The first kappa shape index (κ1) is 10.6. The van der Waals surface area contributed by atoms with Gasteiger partial charge in [0, 0.05) is 6.04 Å². The molecule has 0 spiro atoms. The van der Waals surface area contributed by atoms with Gasteiger partial charge in [-0.25, -0.2) is 0 Å². The van der Waals surface area contributed by atoms with E-state index in [1.54, 1.807) is 0 Å². The van der Waals surface area contributed by atoms with Crippen LogP contribution in [-0.4, -0.2) is 16.3 Å². The molecule has 0 aromatic carbocycles. The van der Waals surface area contributed by atoms with Crippen molar-refractivity contribution in [3.05, 3.63) is 0 Å². The predicted octanol–water partition coefficient (Wildman–Crippen LogP) is 2.63. The minimum absolute atomic E-state index is 0.205. The summed E-state index contributed by atoms with van der Waals surface area (Å²) in [5.74, 6) is 0.272. The third-order valence-corrected chi connectivity index (χ3v) is 3.98. The van der Waals surface area contributed by atoms with Gasteiger partial charge in [0.1, 0.15) is 0 Å². The van der Waals surface area contributed by atoms with Crippen molar-refractivity contribution in [2.75, 3.05) is 0 Å². The molecule has 1 saturated heterocycles. The van der Waals surface area contributed by atoms with E-state index in [0.717, 1.165) is 12.8 Å². The van der Waals surface area contributed by atoms with Crippen LogP contribution in [-0.2, 0) is 4.79 Å². The van der Waals surface area contributed by atoms with Crippen LogP contribution in [0.15, 0.2) is 0 Å². The van der Waals surface area contributed by atoms with Gasteiger partial charge in [-0.1, -0.05) is 42.5 Å². The number of halogens is 2. The molecule has 1 aliphatic heterocycles. The van der Waals surface area contributed by atoms with Gasteiger partial charge in [0.05, 0.1) is 0 Å². The molecule has 4 heteroatoms. The van der Waals surface area contributed by atoms with Crippen molar-refractivity contribution in [1.82, 2.24) is 5.32 Å². The molecule has 14 heavy (non-hydrogen) atoms. The highest BCUT2D eigenvalue weighted by Gasteiger charge is 2.44.